The standard InChI is InChI=1S/C21H19FN2O3S/c1-14-9-10-20(15(2)11-14)23-21(25)16-5-3-8-19(12-16)28(26,27)24-18-7-4-6-17(22)13-18/h3-13,24H,1-2H3,(H,23,25). The maximum atomic E-state index is 13.3. The molecule has 0 bridgehead atoms. The van der Waals surface area contributed by atoms with Crippen molar-refractivity contribution in [3.8, 4) is 0 Å². The number of carbonyl (C=O) groups is 1. The molecule has 1 amide bonds. The van der Waals surface area contributed by atoms with Crippen molar-refractivity contribution in [2.45, 2.75) is 18.7 Å². The first-order valence-corrected chi connectivity index (χ1v) is 10.00. The van der Waals surface area contributed by atoms with Crippen molar-refractivity contribution in [1.29, 1.82) is 0 Å². The highest BCUT2D eigenvalue weighted by Gasteiger charge is 2.17. The molecule has 3 aromatic carbocycles. The van der Waals surface area contributed by atoms with Crippen molar-refractivity contribution in [2.75, 3.05) is 10.0 Å². The summed E-state index contributed by atoms with van der Waals surface area (Å²) in [6, 6.07) is 16.4. The molecule has 3 aromatic rings. The lowest BCUT2D eigenvalue weighted by molar-refractivity contribution is 0.102. The highest BCUT2D eigenvalue weighted by atomic mass is 32.2. The Bertz CT molecular complexity index is 1140. The smallest absolute Gasteiger partial charge is 0.261 e. The van der Waals surface area contributed by atoms with E-state index in [2.05, 4.69) is 10.0 Å². The molecule has 0 aromatic heterocycles. The summed E-state index contributed by atoms with van der Waals surface area (Å²) in [7, 11) is -3.97. The van der Waals surface area contributed by atoms with Gasteiger partial charge in [-0.1, -0.05) is 29.8 Å². The van der Waals surface area contributed by atoms with E-state index in [0.717, 1.165) is 17.2 Å². The van der Waals surface area contributed by atoms with E-state index in [0.29, 0.717) is 5.69 Å². The van der Waals surface area contributed by atoms with Crippen LogP contribution in [-0.2, 0) is 10.0 Å². The number of hydrogen-bond donors (Lipinski definition) is 2. The zero-order chi connectivity index (χ0) is 20.3. The molecular formula is C21H19FN2O3S. The molecule has 0 fully saturated rings. The number of anilines is 2. The van der Waals surface area contributed by atoms with Crippen LogP contribution in [0, 0.1) is 19.7 Å². The molecule has 28 heavy (non-hydrogen) atoms. The summed E-state index contributed by atoms with van der Waals surface area (Å²) < 4.78 is 40.7. The molecule has 0 aliphatic rings. The zero-order valence-electron chi connectivity index (χ0n) is 15.4. The minimum Gasteiger partial charge on any atom is -0.322 e. The Morgan fingerprint density at radius 3 is 2.39 bits per heavy atom. The van der Waals surface area contributed by atoms with Crippen LogP contribution in [-0.4, -0.2) is 14.3 Å². The van der Waals surface area contributed by atoms with E-state index in [9.17, 15) is 17.6 Å². The molecule has 0 saturated carbocycles. The fraction of sp³-hybridized carbons (Fsp3) is 0.0952. The number of sulfonamides is 1. The molecule has 7 heteroatoms. The van der Waals surface area contributed by atoms with Crippen molar-refractivity contribution in [1.82, 2.24) is 0 Å². The normalized spacial score (nSPS) is 11.1. The summed E-state index contributed by atoms with van der Waals surface area (Å²) in [6.45, 7) is 3.84. The van der Waals surface area contributed by atoms with Crippen molar-refractivity contribution in [3.63, 3.8) is 0 Å². The first-order chi connectivity index (χ1) is 13.2. The monoisotopic (exact) mass is 398 g/mol. The number of hydrogen-bond acceptors (Lipinski definition) is 3. The molecular weight excluding hydrogens is 379 g/mol. The van der Waals surface area contributed by atoms with Crippen molar-refractivity contribution in [2.24, 2.45) is 0 Å². The second-order valence-corrected chi connectivity index (χ2v) is 8.10. The molecule has 0 aliphatic heterocycles. The summed E-state index contributed by atoms with van der Waals surface area (Å²) in [5, 5.41) is 2.79. The van der Waals surface area contributed by atoms with Crippen LogP contribution in [0.2, 0.25) is 0 Å². The molecule has 2 N–H and O–H groups in total. The predicted octanol–water partition coefficient (Wildman–Crippen LogP) is 4.50. The van der Waals surface area contributed by atoms with Crippen molar-refractivity contribution < 1.29 is 17.6 Å². The van der Waals surface area contributed by atoms with Gasteiger partial charge in [-0.2, -0.15) is 0 Å². The molecule has 144 valence electrons. The summed E-state index contributed by atoms with van der Waals surface area (Å²) in [5.41, 5.74) is 2.94. The van der Waals surface area contributed by atoms with Crippen LogP contribution in [0.3, 0.4) is 0 Å². The van der Waals surface area contributed by atoms with Crippen molar-refractivity contribution >= 4 is 27.3 Å². The molecule has 0 heterocycles. The maximum Gasteiger partial charge on any atom is 0.261 e. The minimum absolute atomic E-state index is 0.0926. The van der Waals surface area contributed by atoms with Crippen LogP contribution in [0.1, 0.15) is 21.5 Å². The molecule has 3 rings (SSSR count). The van der Waals surface area contributed by atoms with E-state index >= 15 is 0 Å². The third-order valence-electron chi connectivity index (χ3n) is 4.11. The van der Waals surface area contributed by atoms with E-state index in [4.69, 9.17) is 0 Å². The molecule has 0 unspecified atom stereocenters. The number of halogens is 1. The summed E-state index contributed by atoms with van der Waals surface area (Å²) >= 11 is 0. The number of rotatable bonds is 5. The molecule has 0 spiro atoms. The van der Waals surface area contributed by atoms with Gasteiger partial charge in [0.1, 0.15) is 5.82 Å². The average molecular weight is 398 g/mol. The van der Waals surface area contributed by atoms with Crippen LogP contribution in [0.15, 0.2) is 71.6 Å². The van der Waals surface area contributed by atoms with Gasteiger partial charge < -0.3 is 5.32 Å². The second-order valence-electron chi connectivity index (χ2n) is 6.42. The van der Waals surface area contributed by atoms with Gasteiger partial charge in [-0.25, -0.2) is 12.8 Å². The van der Waals surface area contributed by atoms with E-state index < -0.39 is 21.7 Å². The molecule has 0 aliphatic carbocycles. The minimum atomic E-state index is -3.97. The van der Waals surface area contributed by atoms with Gasteiger partial charge in [0.2, 0.25) is 0 Å². The number of amides is 1. The van der Waals surface area contributed by atoms with E-state index in [-0.39, 0.29) is 16.1 Å². The Hall–Kier alpha value is -3.19. The van der Waals surface area contributed by atoms with Crippen LogP contribution in [0.4, 0.5) is 15.8 Å². The largest absolute Gasteiger partial charge is 0.322 e. The van der Waals surface area contributed by atoms with Crippen LogP contribution in [0.25, 0.3) is 0 Å². The van der Waals surface area contributed by atoms with E-state index in [1.807, 2.05) is 26.0 Å². The third-order valence-corrected chi connectivity index (χ3v) is 5.49. The Kier molecular flexibility index (Phi) is 5.46. The Labute approximate surface area is 163 Å². The molecule has 5 nitrogen and oxygen atoms in total. The van der Waals surface area contributed by atoms with Gasteiger partial charge in [0, 0.05) is 11.3 Å². The molecule has 0 radical (unpaired) electrons. The van der Waals surface area contributed by atoms with Gasteiger partial charge >= 0.3 is 0 Å². The van der Waals surface area contributed by atoms with Gasteiger partial charge in [-0.3, -0.25) is 9.52 Å². The average Bonchev–Trinajstić information content (AvgIpc) is 2.64. The molecule has 0 saturated heterocycles. The number of carbonyl (C=O) groups excluding carboxylic acids is 1. The maximum absolute atomic E-state index is 13.3. The summed E-state index contributed by atoms with van der Waals surface area (Å²) in [5.74, 6) is -0.975. The van der Waals surface area contributed by atoms with Crippen LogP contribution in [0.5, 0.6) is 0 Å². The number of benzene rings is 3. The first-order valence-electron chi connectivity index (χ1n) is 8.52. The highest BCUT2D eigenvalue weighted by molar-refractivity contribution is 7.92. The fourth-order valence-electron chi connectivity index (χ4n) is 2.72. The lowest BCUT2D eigenvalue weighted by Crippen LogP contribution is -2.16. The quantitative estimate of drug-likeness (QED) is 0.665. The van der Waals surface area contributed by atoms with E-state index in [1.54, 1.807) is 6.07 Å². The lowest BCUT2D eigenvalue weighted by atomic mass is 10.1. The summed E-state index contributed by atoms with van der Waals surface area (Å²) in [6.07, 6.45) is 0. The molecule has 0 atom stereocenters. The summed E-state index contributed by atoms with van der Waals surface area (Å²) in [4.78, 5) is 12.5. The number of nitrogens with one attached hydrogen (secondary N) is 2. The number of aryl methyl sites for hydroxylation is 2. The second kappa shape index (κ2) is 7.82. The first kappa shape index (κ1) is 19.6. The Balaban J connectivity index is 1.83. The highest BCUT2D eigenvalue weighted by Crippen LogP contribution is 2.20. The van der Waals surface area contributed by atoms with Gasteiger partial charge in [0.15, 0.2) is 0 Å². The topological polar surface area (TPSA) is 75.3 Å². The van der Waals surface area contributed by atoms with Crippen molar-refractivity contribution in [3.05, 3.63) is 89.2 Å². The third kappa shape index (κ3) is 4.55. The Morgan fingerprint density at radius 1 is 0.929 bits per heavy atom. The predicted molar refractivity (Wildman–Crippen MR) is 108 cm³/mol. The fourth-order valence-corrected chi connectivity index (χ4v) is 3.81. The Morgan fingerprint density at radius 2 is 1.68 bits per heavy atom. The van der Waals surface area contributed by atoms with Gasteiger partial charge in [-0.15, -0.1) is 0 Å². The van der Waals surface area contributed by atoms with Gasteiger partial charge in [-0.05, 0) is 61.9 Å². The zero-order valence-corrected chi connectivity index (χ0v) is 16.2. The van der Waals surface area contributed by atoms with Gasteiger partial charge in [0.05, 0.1) is 10.6 Å². The SMILES string of the molecule is Cc1ccc(NC(=O)c2cccc(S(=O)(=O)Nc3cccc(F)c3)c2)c(C)c1. The van der Waals surface area contributed by atoms with Crippen LogP contribution >= 0.6 is 0 Å². The van der Waals surface area contributed by atoms with Gasteiger partial charge in [0.25, 0.3) is 15.9 Å². The van der Waals surface area contributed by atoms with Crippen LogP contribution < -0.4 is 10.0 Å². The lowest BCUT2D eigenvalue weighted by Gasteiger charge is -2.11. The van der Waals surface area contributed by atoms with E-state index in [1.165, 1.54) is 42.5 Å².